The summed E-state index contributed by atoms with van der Waals surface area (Å²) in [6.07, 6.45) is -5.56. The molecule has 0 aliphatic heterocycles. The van der Waals surface area contributed by atoms with E-state index < -0.39 is 35.2 Å². The van der Waals surface area contributed by atoms with Gasteiger partial charge in [0.1, 0.15) is 5.69 Å². The van der Waals surface area contributed by atoms with E-state index in [1.807, 2.05) is 0 Å². The fourth-order valence-corrected chi connectivity index (χ4v) is 1.60. The minimum Gasteiger partial charge on any atom is -0.478 e. The molecule has 9 heteroatoms. The zero-order valence-electron chi connectivity index (χ0n) is 10.3. The van der Waals surface area contributed by atoms with Crippen LogP contribution in [-0.2, 0) is 0 Å². The third kappa shape index (κ3) is 4.41. The highest BCUT2D eigenvalue weighted by molar-refractivity contribution is 5.89. The van der Waals surface area contributed by atoms with Crippen molar-refractivity contribution in [2.45, 2.75) is 25.6 Å². The zero-order valence-corrected chi connectivity index (χ0v) is 10.3. The number of nitrogens with one attached hydrogen (secondary N) is 1. The van der Waals surface area contributed by atoms with Gasteiger partial charge in [-0.15, -0.1) is 0 Å². The van der Waals surface area contributed by atoms with Crippen LogP contribution in [0.15, 0.2) is 18.2 Å². The summed E-state index contributed by atoms with van der Waals surface area (Å²) in [5.41, 5.74) is -1.05. The molecule has 0 fully saturated rings. The number of nitro groups is 1. The van der Waals surface area contributed by atoms with E-state index in [4.69, 9.17) is 5.11 Å². The van der Waals surface area contributed by atoms with Gasteiger partial charge in [-0.25, -0.2) is 4.79 Å². The minimum atomic E-state index is -4.40. The number of alkyl halides is 3. The number of aromatic carboxylic acids is 1. The van der Waals surface area contributed by atoms with Crippen molar-refractivity contribution in [2.24, 2.45) is 0 Å². The maximum absolute atomic E-state index is 12.2. The normalized spacial score (nSPS) is 12.8. The molecule has 1 aromatic carbocycles. The molecule has 1 atom stereocenters. The molecule has 0 heterocycles. The maximum atomic E-state index is 12.2. The van der Waals surface area contributed by atoms with Crippen LogP contribution < -0.4 is 5.32 Å². The Balaban J connectivity index is 3.00. The molecule has 0 saturated carbocycles. The molecule has 1 unspecified atom stereocenters. The second-order valence-electron chi connectivity index (χ2n) is 4.16. The number of carbonyl (C=O) groups is 1. The number of hydrogen-bond acceptors (Lipinski definition) is 4. The highest BCUT2D eigenvalue weighted by Gasteiger charge is 2.30. The summed E-state index contributed by atoms with van der Waals surface area (Å²) in [4.78, 5) is 20.7. The fraction of sp³-hybridized carbons (Fsp3) is 0.364. The molecular formula is C11H11F3N2O4. The molecule has 0 radical (unpaired) electrons. The third-order valence-electron chi connectivity index (χ3n) is 2.38. The lowest BCUT2D eigenvalue weighted by Crippen LogP contribution is -2.24. The van der Waals surface area contributed by atoms with Crippen molar-refractivity contribution in [2.75, 3.05) is 5.32 Å². The van der Waals surface area contributed by atoms with Gasteiger partial charge < -0.3 is 10.4 Å². The monoisotopic (exact) mass is 292 g/mol. The quantitative estimate of drug-likeness (QED) is 0.642. The molecule has 0 aliphatic rings. The van der Waals surface area contributed by atoms with E-state index in [9.17, 15) is 28.1 Å². The van der Waals surface area contributed by atoms with Crippen LogP contribution in [0.1, 0.15) is 23.7 Å². The Morgan fingerprint density at radius 1 is 1.50 bits per heavy atom. The van der Waals surface area contributed by atoms with E-state index in [1.165, 1.54) is 6.92 Å². The van der Waals surface area contributed by atoms with Gasteiger partial charge in [-0.3, -0.25) is 10.1 Å². The number of benzene rings is 1. The molecule has 0 bridgehead atoms. The Hall–Kier alpha value is -2.32. The van der Waals surface area contributed by atoms with Crippen molar-refractivity contribution in [3.8, 4) is 0 Å². The molecule has 1 rings (SSSR count). The molecule has 2 N–H and O–H groups in total. The molecule has 0 aromatic heterocycles. The summed E-state index contributed by atoms with van der Waals surface area (Å²) in [5.74, 6) is -1.36. The summed E-state index contributed by atoms with van der Waals surface area (Å²) >= 11 is 0. The standard InChI is InChI=1S/C11H11F3N2O4/c1-6(5-11(12,13)14)15-8-3-2-7(10(17)18)4-9(8)16(19)20/h2-4,6,15H,5H2,1H3,(H,17,18). The van der Waals surface area contributed by atoms with Gasteiger partial charge >= 0.3 is 12.1 Å². The summed E-state index contributed by atoms with van der Waals surface area (Å²) in [5, 5.41) is 21.9. The lowest BCUT2D eigenvalue weighted by atomic mass is 10.1. The van der Waals surface area contributed by atoms with Crippen molar-refractivity contribution in [3.63, 3.8) is 0 Å². The first kappa shape index (κ1) is 15.7. The van der Waals surface area contributed by atoms with Crippen LogP contribution in [0.2, 0.25) is 0 Å². The molecule has 0 spiro atoms. The van der Waals surface area contributed by atoms with E-state index in [0.29, 0.717) is 0 Å². The Morgan fingerprint density at radius 3 is 2.55 bits per heavy atom. The average Bonchev–Trinajstić information content (AvgIpc) is 2.25. The molecule has 20 heavy (non-hydrogen) atoms. The number of anilines is 1. The molecule has 1 aromatic rings. The fourth-order valence-electron chi connectivity index (χ4n) is 1.60. The Kier molecular flexibility index (Phi) is 4.53. The largest absolute Gasteiger partial charge is 0.478 e. The molecule has 0 amide bonds. The predicted octanol–water partition coefficient (Wildman–Crippen LogP) is 3.05. The topological polar surface area (TPSA) is 92.5 Å². The Labute approximate surface area is 111 Å². The van der Waals surface area contributed by atoms with Crippen LogP contribution in [0.3, 0.4) is 0 Å². The van der Waals surface area contributed by atoms with Gasteiger partial charge in [-0.05, 0) is 19.1 Å². The molecule has 0 aliphatic carbocycles. The Bertz CT molecular complexity index is 531. The molecular weight excluding hydrogens is 281 g/mol. The first-order chi connectivity index (χ1) is 9.10. The second kappa shape index (κ2) is 5.76. The third-order valence-corrected chi connectivity index (χ3v) is 2.38. The summed E-state index contributed by atoms with van der Waals surface area (Å²) < 4.78 is 36.6. The van der Waals surface area contributed by atoms with Crippen LogP contribution in [0.5, 0.6) is 0 Å². The number of hydrogen-bond donors (Lipinski definition) is 2. The van der Waals surface area contributed by atoms with Gasteiger partial charge in [0.2, 0.25) is 0 Å². The van der Waals surface area contributed by atoms with Gasteiger partial charge in [0.05, 0.1) is 16.9 Å². The zero-order chi connectivity index (χ0) is 15.5. The van der Waals surface area contributed by atoms with E-state index in [1.54, 1.807) is 0 Å². The summed E-state index contributed by atoms with van der Waals surface area (Å²) in [6.45, 7) is 1.22. The van der Waals surface area contributed by atoms with Crippen LogP contribution in [0, 0.1) is 10.1 Å². The number of nitro benzene ring substituents is 1. The molecule has 6 nitrogen and oxygen atoms in total. The van der Waals surface area contributed by atoms with Crippen molar-refractivity contribution < 1.29 is 28.0 Å². The second-order valence-corrected chi connectivity index (χ2v) is 4.16. The highest BCUT2D eigenvalue weighted by atomic mass is 19.4. The van der Waals surface area contributed by atoms with Crippen LogP contribution >= 0.6 is 0 Å². The number of carboxylic acids is 1. The van der Waals surface area contributed by atoms with Gasteiger partial charge in [0, 0.05) is 12.1 Å². The lowest BCUT2D eigenvalue weighted by Gasteiger charge is -2.17. The first-order valence-electron chi connectivity index (χ1n) is 5.45. The number of nitrogens with zero attached hydrogens (tertiary/aromatic N) is 1. The molecule has 0 saturated heterocycles. The SMILES string of the molecule is CC(CC(F)(F)F)Nc1ccc(C(=O)O)cc1[N+](=O)[O-]. The van der Waals surface area contributed by atoms with Crippen molar-refractivity contribution >= 4 is 17.3 Å². The minimum absolute atomic E-state index is 0.156. The number of carboxylic acid groups (broad SMARTS) is 1. The van der Waals surface area contributed by atoms with Crippen molar-refractivity contribution in [1.29, 1.82) is 0 Å². The van der Waals surface area contributed by atoms with E-state index in [-0.39, 0.29) is 11.3 Å². The van der Waals surface area contributed by atoms with Gasteiger partial charge in [0.15, 0.2) is 0 Å². The van der Waals surface area contributed by atoms with Crippen LogP contribution in [0.25, 0.3) is 0 Å². The van der Waals surface area contributed by atoms with E-state index in [2.05, 4.69) is 5.32 Å². The van der Waals surface area contributed by atoms with Crippen LogP contribution in [0.4, 0.5) is 24.5 Å². The number of halogens is 3. The smallest absolute Gasteiger partial charge is 0.391 e. The Morgan fingerprint density at radius 2 is 2.10 bits per heavy atom. The molecule has 110 valence electrons. The average molecular weight is 292 g/mol. The van der Waals surface area contributed by atoms with Crippen molar-refractivity contribution in [3.05, 3.63) is 33.9 Å². The lowest BCUT2D eigenvalue weighted by molar-refractivity contribution is -0.384. The maximum Gasteiger partial charge on any atom is 0.391 e. The summed E-state index contributed by atoms with van der Waals surface area (Å²) in [7, 11) is 0. The predicted molar refractivity (Wildman–Crippen MR) is 63.8 cm³/mol. The first-order valence-corrected chi connectivity index (χ1v) is 5.45. The highest BCUT2D eigenvalue weighted by Crippen LogP contribution is 2.29. The van der Waals surface area contributed by atoms with E-state index >= 15 is 0 Å². The van der Waals surface area contributed by atoms with Crippen molar-refractivity contribution in [1.82, 2.24) is 0 Å². The van der Waals surface area contributed by atoms with Gasteiger partial charge in [-0.2, -0.15) is 13.2 Å². The van der Waals surface area contributed by atoms with E-state index in [0.717, 1.165) is 18.2 Å². The van der Waals surface area contributed by atoms with Gasteiger partial charge in [0.25, 0.3) is 5.69 Å². The van der Waals surface area contributed by atoms with Gasteiger partial charge in [-0.1, -0.05) is 0 Å². The summed E-state index contributed by atoms with van der Waals surface area (Å²) in [6, 6.07) is 1.88. The van der Waals surface area contributed by atoms with Crippen LogP contribution in [-0.4, -0.2) is 28.2 Å². The number of rotatable bonds is 5.